The topological polar surface area (TPSA) is 26.3 Å². The van der Waals surface area contributed by atoms with Crippen molar-refractivity contribution in [3.05, 3.63) is 35.4 Å². The molecule has 1 aromatic rings. The van der Waals surface area contributed by atoms with Crippen molar-refractivity contribution in [2.45, 2.75) is 45.6 Å². The van der Waals surface area contributed by atoms with E-state index in [2.05, 4.69) is 6.07 Å². The second kappa shape index (κ2) is 5.97. The van der Waals surface area contributed by atoms with Gasteiger partial charge in [0.1, 0.15) is 5.60 Å². The number of benzene rings is 1. The fourth-order valence-electron chi connectivity index (χ4n) is 2.22. The molecule has 0 N–H and O–H groups in total. The van der Waals surface area contributed by atoms with Gasteiger partial charge in [0.05, 0.1) is 0 Å². The second-order valence-electron chi connectivity index (χ2n) is 4.49. The number of hydrogen-bond donors (Lipinski definition) is 0. The highest BCUT2D eigenvalue weighted by molar-refractivity contribution is 5.89. The standard InChI is InChI=1S/C15H22O2/c1-5-15(6-2,17-4)14(16)11-13-9-7-8-12(3)10-13/h7-10H,5-6,11H2,1-4H3. The molecule has 1 aromatic carbocycles. The third-order valence-electron chi connectivity index (χ3n) is 3.49. The van der Waals surface area contributed by atoms with Crippen molar-refractivity contribution in [3.63, 3.8) is 0 Å². The van der Waals surface area contributed by atoms with Crippen molar-refractivity contribution < 1.29 is 9.53 Å². The zero-order valence-electron chi connectivity index (χ0n) is 11.2. The van der Waals surface area contributed by atoms with Crippen molar-refractivity contribution in [1.82, 2.24) is 0 Å². The summed E-state index contributed by atoms with van der Waals surface area (Å²) in [6.07, 6.45) is 1.91. The molecule has 0 fully saturated rings. The Kier molecular flexibility index (Phi) is 4.88. The van der Waals surface area contributed by atoms with Gasteiger partial charge in [-0.1, -0.05) is 43.7 Å². The average Bonchev–Trinajstić information content (AvgIpc) is 2.32. The van der Waals surface area contributed by atoms with E-state index in [0.717, 1.165) is 18.4 Å². The Labute approximate surface area is 104 Å². The average molecular weight is 234 g/mol. The van der Waals surface area contributed by atoms with Crippen molar-refractivity contribution in [1.29, 1.82) is 0 Å². The van der Waals surface area contributed by atoms with Gasteiger partial charge in [0.15, 0.2) is 5.78 Å². The van der Waals surface area contributed by atoms with Crippen LogP contribution in [0.1, 0.15) is 37.8 Å². The van der Waals surface area contributed by atoms with Crippen LogP contribution in [0.5, 0.6) is 0 Å². The van der Waals surface area contributed by atoms with E-state index < -0.39 is 5.60 Å². The van der Waals surface area contributed by atoms with E-state index in [1.165, 1.54) is 5.56 Å². The highest BCUT2D eigenvalue weighted by Gasteiger charge is 2.33. The van der Waals surface area contributed by atoms with Crippen LogP contribution in [0, 0.1) is 6.92 Å². The predicted molar refractivity (Wildman–Crippen MR) is 70.2 cm³/mol. The summed E-state index contributed by atoms with van der Waals surface area (Å²) in [6.45, 7) is 6.04. The van der Waals surface area contributed by atoms with Gasteiger partial charge >= 0.3 is 0 Å². The van der Waals surface area contributed by atoms with Crippen LogP contribution in [0.2, 0.25) is 0 Å². The number of Topliss-reactive ketones (excluding diaryl/α,β-unsaturated/α-hetero) is 1. The van der Waals surface area contributed by atoms with E-state index in [4.69, 9.17) is 4.74 Å². The maximum Gasteiger partial charge on any atom is 0.168 e. The normalized spacial score (nSPS) is 11.5. The summed E-state index contributed by atoms with van der Waals surface area (Å²) in [5.41, 5.74) is 1.65. The first-order valence-electron chi connectivity index (χ1n) is 6.22. The van der Waals surface area contributed by atoms with Crippen LogP contribution in [0.15, 0.2) is 24.3 Å². The van der Waals surface area contributed by atoms with E-state index in [-0.39, 0.29) is 5.78 Å². The Morgan fingerprint density at radius 2 is 1.94 bits per heavy atom. The molecule has 0 bridgehead atoms. The highest BCUT2D eigenvalue weighted by atomic mass is 16.5. The fourth-order valence-corrected chi connectivity index (χ4v) is 2.22. The maximum absolute atomic E-state index is 12.3. The third kappa shape index (κ3) is 3.16. The van der Waals surface area contributed by atoms with Gasteiger partial charge in [0, 0.05) is 13.5 Å². The molecule has 0 unspecified atom stereocenters. The van der Waals surface area contributed by atoms with Crippen molar-refractivity contribution in [3.8, 4) is 0 Å². The summed E-state index contributed by atoms with van der Waals surface area (Å²) >= 11 is 0. The molecule has 0 amide bonds. The molecule has 0 saturated heterocycles. The van der Waals surface area contributed by atoms with Crippen LogP contribution in [0.3, 0.4) is 0 Å². The van der Waals surface area contributed by atoms with E-state index in [1.807, 2.05) is 39.0 Å². The van der Waals surface area contributed by atoms with E-state index >= 15 is 0 Å². The molecule has 0 aliphatic rings. The van der Waals surface area contributed by atoms with Crippen LogP contribution >= 0.6 is 0 Å². The van der Waals surface area contributed by atoms with Gasteiger partial charge in [0.2, 0.25) is 0 Å². The van der Waals surface area contributed by atoms with Crippen LogP contribution in [-0.2, 0) is 16.0 Å². The molecule has 2 heteroatoms. The number of hydrogen-bond acceptors (Lipinski definition) is 2. The molecule has 0 saturated carbocycles. The molecule has 17 heavy (non-hydrogen) atoms. The Hall–Kier alpha value is -1.15. The fraction of sp³-hybridized carbons (Fsp3) is 0.533. The number of carbonyl (C=O) groups is 1. The molecule has 0 atom stereocenters. The Balaban J connectivity index is 2.84. The minimum Gasteiger partial charge on any atom is -0.370 e. The minimum absolute atomic E-state index is 0.176. The van der Waals surface area contributed by atoms with E-state index in [1.54, 1.807) is 7.11 Å². The Bertz CT molecular complexity index is 370. The lowest BCUT2D eigenvalue weighted by Gasteiger charge is -2.28. The summed E-state index contributed by atoms with van der Waals surface area (Å²) < 4.78 is 5.45. The van der Waals surface area contributed by atoms with Crippen LogP contribution < -0.4 is 0 Å². The Morgan fingerprint density at radius 1 is 1.29 bits per heavy atom. The zero-order valence-corrected chi connectivity index (χ0v) is 11.2. The summed E-state index contributed by atoms with van der Waals surface area (Å²) in [5.74, 6) is 0.176. The number of ketones is 1. The minimum atomic E-state index is -0.607. The Morgan fingerprint density at radius 3 is 2.41 bits per heavy atom. The molecule has 2 nitrogen and oxygen atoms in total. The summed E-state index contributed by atoms with van der Waals surface area (Å²) in [7, 11) is 1.63. The van der Waals surface area contributed by atoms with Gasteiger partial charge < -0.3 is 4.74 Å². The van der Waals surface area contributed by atoms with E-state index in [0.29, 0.717) is 6.42 Å². The zero-order chi connectivity index (χ0) is 12.9. The number of ether oxygens (including phenoxy) is 1. The van der Waals surface area contributed by atoms with Gasteiger partial charge in [-0.25, -0.2) is 0 Å². The second-order valence-corrected chi connectivity index (χ2v) is 4.49. The molecule has 1 rings (SSSR count). The predicted octanol–water partition coefficient (Wildman–Crippen LogP) is 3.31. The lowest BCUT2D eigenvalue weighted by atomic mass is 9.88. The molecule has 94 valence electrons. The van der Waals surface area contributed by atoms with Gasteiger partial charge in [-0.05, 0) is 25.3 Å². The van der Waals surface area contributed by atoms with Gasteiger partial charge in [-0.3, -0.25) is 4.79 Å². The lowest BCUT2D eigenvalue weighted by molar-refractivity contribution is -0.141. The van der Waals surface area contributed by atoms with E-state index in [9.17, 15) is 4.79 Å². The first-order valence-corrected chi connectivity index (χ1v) is 6.22. The third-order valence-corrected chi connectivity index (χ3v) is 3.49. The summed E-state index contributed by atoms with van der Waals surface area (Å²) in [6, 6.07) is 8.09. The molecule has 0 aromatic heterocycles. The maximum atomic E-state index is 12.3. The molecule has 0 aliphatic heterocycles. The number of aryl methyl sites for hydroxylation is 1. The number of rotatable bonds is 6. The molecule has 0 aliphatic carbocycles. The largest absolute Gasteiger partial charge is 0.370 e. The quantitative estimate of drug-likeness (QED) is 0.754. The van der Waals surface area contributed by atoms with Crippen LogP contribution in [0.4, 0.5) is 0 Å². The molecule has 0 radical (unpaired) electrons. The first kappa shape index (κ1) is 13.9. The molecular weight excluding hydrogens is 212 g/mol. The smallest absolute Gasteiger partial charge is 0.168 e. The van der Waals surface area contributed by atoms with Gasteiger partial charge in [0.25, 0.3) is 0 Å². The monoisotopic (exact) mass is 234 g/mol. The molecule has 0 spiro atoms. The molecular formula is C15H22O2. The van der Waals surface area contributed by atoms with Crippen molar-refractivity contribution in [2.24, 2.45) is 0 Å². The lowest BCUT2D eigenvalue weighted by Crippen LogP contribution is -2.40. The number of carbonyl (C=O) groups excluding carboxylic acids is 1. The van der Waals surface area contributed by atoms with Crippen molar-refractivity contribution >= 4 is 5.78 Å². The van der Waals surface area contributed by atoms with Crippen molar-refractivity contribution in [2.75, 3.05) is 7.11 Å². The summed E-state index contributed by atoms with van der Waals surface area (Å²) in [4.78, 5) is 12.3. The number of methoxy groups -OCH3 is 1. The van der Waals surface area contributed by atoms with Crippen LogP contribution in [-0.4, -0.2) is 18.5 Å². The SMILES string of the molecule is CCC(CC)(OC)C(=O)Cc1cccc(C)c1. The molecule has 0 heterocycles. The summed E-state index contributed by atoms with van der Waals surface area (Å²) in [5, 5.41) is 0. The van der Waals surface area contributed by atoms with Gasteiger partial charge in [-0.15, -0.1) is 0 Å². The first-order chi connectivity index (χ1) is 8.07. The van der Waals surface area contributed by atoms with Gasteiger partial charge in [-0.2, -0.15) is 0 Å². The highest BCUT2D eigenvalue weighted by Crippen LogP contribution is 2.23. The van der Waals surface area contributed by atoms with Crippen LogP contribution in [0.25, 0.3) is 0 Å².